The Kier molecular flexibility index (Phi) is 6.05. The van der Waals surface area contributed by atoms with E-state index in [0.717, 1.165) is 42.3 Å². The molecule has 5 heteroatoms. The summed E-state index contributed by atoms with van der Waals surface area (Å²) in [7, 11) is 0. The third-order valence-electron chi connectivity index (χ3n) is 4.26. The van der Waals surface area contributed by atoms with Crippen LogP contribution in [0.15, 0.2) is 48.5 Å². The molecule has 0 atom stereocenters. The third kappa shape index (κ3) is 4.05. The van der Waals surface area contributed by atoms with Crippen molar-refractivity contribution in [2.24, 2.45) is 0 Å². The van der Waals surface area contributed by atoms with Gasteiger partial charge in [0.2, 0.25) is 0 Å². The molecule has 2 aromatic carbocycles. The van der Waals surface area contributed by atoms with Crippen LogP contribution < -0.4 is 17.3 Å². The van der Waals surface area contributed by atoms with Gasteiger partial charge in [-0.15, -0.1) is 0 Å². The van der Waals surface area contributed by atoms with E-state index in [1.807, 2.05) is 54.3 Å². The Hall–Kier alpha value is -1.55. The van der Waals surface area contributed by atoms with Gasteiger partial charge in [-0.2, -0.15) is 0 Å². The number of aryl methyl sites for hydroxylation is 1. The number of nitrogens with zero attached hydrogens (tertiary/aromatic N) is 1. The van der Waals surface area contributed by atoms with Crippen LogP contribution in [0.1, 0.15) is 15.9 Å². The van der Waals surface area contributed by atoms with Crippen molar-refractivity contribution in [1.29, 1.82) is 0 Å². The van der Waals surface area contributed by atoms with Crippen LogP contribution in [0.25, 0.3) is 0 Å². The van der Waals surface area contributed by atoms with Crippen molar-refractivity contribution in [1.82, 2.24) is 4.90 Å². The van der Waals surface area contributed by atoms with Gasteiger partial charge in [0.05, 0.1) is 26.2 Å². The molecule has 23 heavy (non-hydrogen) atoms. The summed E-state index contributed by atoms with van der Waals surface area (Å²) in [6, 6.07) is 15.8. The second-order valence-corrected chi connectivity index (χ2v) is 6.16. The maximum atomic E-state index is 12.6. The van der Waals surface area contributed by atoms with E-state index in [9.17, 15) is 4.79 Å². The van der Waals surface area contributed by atoms with Crippen LogP contribution in [0.2, 0.25) is 5.02 Å². The average Bonchev–Trinajstić information content (AvgIpc) is 2.55. The van der Waals surface area contributed by atoms with Crippen LogP contribution in [0.4, 0.5) is 5.69 Å². The normalized spacial score (nSPS) is 15.1. The van der Waals surface area contributed by atoms with E-state index in [4.69, 9.17) is 11.6 Å². The summed E-state index contributed by atoms with van der Waals surface area (Å²) < 4.78 is 0. The molecule has 3 rings (SSSR count). The van der Waals surface area contributed by atoms with Gasteiger partial charge in [0.1, 0.15) is 5.69 Å². The molecule has 1 saturated heterocycles. The van der Waals surface area contributed by atoms with Crippen molar-refractivity contribution >= 4 is 23.2 Å². The number of hydrogen-bond acceptors (Lipinski definition) is 1. The topological polar surface area (TPSA) is 24.8 Å². The lowest BCUT2D eigenvalue weighted by Crippen LogP contribution is -3.10. The maximum Gasteiger partial charge on any atom is 0.254 e. The molecule has 1 N–H and O–H groups in total. The van der Waals surface area contributed by atoms with Crippen LogP contribution in [0.3, 0.4) is 0 Å². The maximum absolute atomic E-state index is 12.6. The van der Waals surface area contributed by atoms with Crippen molar-refractivity contribution in [3.8, 4) is 0 Å². The van der Waals surface area contributed by atoms with Gasteiger partial charge < -0.3 is 17.3 Å². The molecule has 1 amide bonds. The number of nitrogens with one attached hydrogen (secondary N) is 1. The highest BCUT2D eigenvalue weighted by molar-refractivity contribution is 6.30. The van der Waals surface area contributed by atoms with E-state index in [1.54, 1.807) is 0 Å². The number of halogens is 2. The Morgan fingerprint density at radius 1 is 1.09 bits per heavy atom. The summed E-state index contributed by atoms with van der Waals surface area (Å²) in [6.45, 7) is 5.36. The molecule has 0 aliphatic carbocycles. The molecule has 0 radical (unpaired) electrons. The lowest BCUT2D eigenvalue weighted by atomic mass is 10.1. The van der Waals surface area contributed by atoms with Gasteiger partial charge >= 0.3 is 0 Å². The number of benzene rings is 2. The largest absolute Gasteiger partial charge is 1.00 e. The molecule has 122 valence electrons. The molecule has 0 aromatic heterocycles. The van der Waals surface area contributed by atoms with Crippen LogP contribution >= 0.6 is 11.6 Å². The summed E-state index contributed by atoms with van der Waals surface area (Å²) in [4.78, 5) is 16.0. The zero-order valence-electron chi connectivity index (χ0n) is 13.1. The quantitative estimate of drug-likeness (QED) is 0.763. The minimum Gasteiger partial charge on any atom is -1.00 e. The van der Waals surface area contributed by atoms with Gasteiger partial charge in [0.25, 0.3) is 5.91 Å². The summed E-state index contributed by atoms with van der Waals surface area (Å²) in [5.74, 6) is 0.142. The molecule has 0 saturated carbocycles. The Labute approximate surface area is 148 Å². The minimum atomic E-state index is 0. The van der Waals surface area contributed by atoms with Gasteiger partial charge in [0, 0.05) is 16.7 Å². The first-order valence-electron chi connectivity index (χ1n) is 7.60. The van der Waals surface area contributed by atoms with Crippen LogP contribution in [-0.2, 0) is 0 Å². The van der Waals surface area contributed by atoms with E-state index >= 15 is 0 Å². The highest BCUT2D eigenvalue weighted by atomic mass is 35.5. The Balaban J connectivity index is 0.00000192. The van der Waals surface area contributed by atoms with Gasteiger partial charge in [-0.25, -0.2) is 0 Å². The van der Waals surface area contributed by atoms with E-state index in [1.165, 1.54) is 10.6 Å². The van der Waals surface area contributed by atoms with E-state index in [-0.39, 0.29) is 18.3 Å². The summed E-state index contributed by atoms with van der Waals surface area (Å²) in [6.07, 6.45) is 0. The number of amides is 1. The molecular weight excluding hydrogens is 331 g/mol. The van der Waals surface area contributed by atoms with E-state index in [2.05, 4.69) is 6.07 Å². The third-order valence-corrected chi connectivity index (χ3v) is 4.50. The summed E-state index contributed by atoms with van der Waals surface area (Å²) in [5.41, 5.74) is 3.06. The first-order valence-corrected chi connectivity index (χ1v) is 7.98. The molecule has 0 bridgehead atoms. The minimum absolute atomic E-state index is 0. The first-order chi connectivity index (χ1) is 10.6. The lowest BCUT2D eigenvalue weighted by molar-refractivity contribution is -0.837. The lowest BCUT2D eigenvalue weighted by Gasteiger charge is -2.32. The monoisotopic (exact) mass is 350 g/mol. The molecule has 3 nitrogen and oxygen atoms in total. The molecule has 1 aliphatic heterocycles. The predicted octanol–water partition coefficient (Wildman–Crippen LogP) is -0.675. The molecule has 1 fully saturated rings. The fourth-order valence-corrected chi connectivity index (χ4v) is 3.15. The van der Waals surface area contributed by atoms with Crippen LogP contribution in [-0.4, -0.2) is 37.0 Å². The molecular formula is C18H20Cl2N2O. The van der Waals surface area contributed by atoms with Crippen molar-refractivity contribution in [3.05, 3.63) is 64.7 Å². The second-order valence-electron chi connectivity index (χ2n) is 5.72. The Morgan fingerprint density at radius 2 is 1.78 bits per heavy atom. The molecule has 0 unspecified atom stereocenters. The van der Waals surface area contributed by atoms with E-state index in [0.29, 0.717) is 0 Å². The van der Waals surface area contributed by atoms with Crippen molar-refractivity contribution in [3.63, 3.8) is 0 Å². The average molecular weight is 351 g/mol. The second kappa shape index (κ2) is 7.82. The van der Waals surface area contributed by atoms with Gasteiger partial charge in [-0.3, -0.25) is 9.69 Å². The standard InChI is InChI=1S/C18H19ClN2O.ClH/c1-14-5-2-3-8-17(14)18(22)21-11-9-20(10-12-21)16-7-4-6-15(19)13-16;/h2-8,13H,9-12H2,1H3;1H. The van der Waals surface area contributed by atoms with Crippen molar-refractivity contribution in [2.75, 3.05) is 26.2 Å². The Bertz CT molecular complexity index is 682. The smallest absolute Gasteiger partial charge is 0.254 e. The zero-order valence-corrected chi connectivity index (χ0v) is 14.6. The fourth-order valence-electron chi connectivity index (χ4n) is 2.96. The van der Waals surface area contributed by atoms with Gasteiger partial charge in [-0.05, 0) is 30.7 Å². The predicted molar refractivity (Wildman–Crippen MR) is 88.9 cm³/mol. The first kappa shape index (κ1) is 17.8. The highest BCUT2D eigenvalue weighted by Crippen LogP contribution is 2.13. The van der Waals surface area contributed by atoms with E-state index < -0.39 is 0 Å². The van der Waals surface area contributed by atoms with Crippen LogP contribution in [0.5, 0.6) is 0 Å². The highest BCUT2D eigenvalue weighted by Gasteiger charge is 2.26. The zero-order chi connectivity index (χ0) is 15.5. The molecule has 0 spiro atoms. The SMILES string of the molecule is Cc1ccccc1C(=O)N1CC[NH+](c2cccc(Cl)c2)CC1.[Cl-]. The number of rotatable bonds is 2. The number of carbonyl (C=O) groups excluding carboxylic acids is 1. The van der Waals surface area contributed by atoms with Crippen molar-refractivity contribution in [2.45, 2.75) is 6.92 Å². The van der Waals surface area contributed by atoms with Gasteiger partial charge in [-0.1, -0.05) is 35.9 Å². The number of hydrogen-bond donors (Lipinski definition) is 1. The molecule has 1 heterocycles. The van der Waals surface area contributed by atoms with Gasteiger partial charge in [0.15, 0.2) is 0 Å². The Morgan fingerprint density at radius 3 is 2.43 bits per heavy atom. The number of piperazine rings is 1. The molecule has 2 aromatic rings. The number of quaternary nitrogens is 1. The fraction of sp³-hybridized carbons (Fsp3) is 0.278. The number of carbonyl (C=O) groups is 1. The summed E-state index contributed by atoms with van der Waals surface area (Å²) >= 11 is 6.06. The van der Waals surface area contributed by atoms with Crippen LogP contribution in [0, 0.1) is 6.92 Å². The molecule has 1 aliphatic rings. The van der Waals surface area contributed by atoms with Crippen molar-refractivity contribution < 1.29 is 22.1 Å². The summed E-state index contributed by atoms with van der Waals surface area (Å²) in [5, 5.41) is 0.767.